The second-order valence-corrected chi connectivity index (χ2v) is 8.34. The number of carbonyl (C=O) groups excluding carboxylic acids is 3. The second-order valence-electron chi connectivity index (χ2n) is 7.41. The molecule has 1 saturated heterocycles. The number of nitrogens with zero attached hydrogens (tertiary/aromatic N) is 2. The van der Waals surface area contributed by atoms with Crippen molar-refractivity contribution in [3.63, 3.8) is 0 Å². The van der Waals surface area contributed by atoms with Crippen molar-refractivity contribution >= 4 is 28.8 Å². The number of pyridine rings is 1. The van der Waals surface area contributed by atoms with Crippen molar-refractivity contribution in [3.8, 4) is 5.88 Å². The molecule has 7 nitrogen and oxygen atoms in total. The van der Waals surface area contributed by atoms with E-state index in [0.29, 0.717) is 18.0 Å². The zero-order chi connectivity index (χ0) is 20.9. The van der Waals surface area contributed by atoms with Crippen LogP contribution in [0.4, 0.5) is 4.79 Å². The van der Waals surface area contributed by atoms with E-state index in [2.05, 4.69) is 10.3 Å². The third kappa shape index (κ3) is 4.81. The summed E-state index contributed by atoms with van der Waals surface area (Å²) in [7, 11) is 0. The van der Waals surface area contributed by atoms with E-state index in [1.165, 1.54) is 17.7 Å². The van der Waals surface area contributed by atoms with Gasteiger partial charge in [0.15, 0.2) is 0 Å². The van der Waals surface area contributed by atoms with Crippen molar-refractivity contribution in [2.75, 3.05) is 5.75 Å². The maximum absolute atomic E-state index is 12.7. The van der Waals surface area contributed by atoms with Crippen molar-refractivity contribution in [1.29, 1.82) is 0 Å². The van der Waals surface area contributed by atoms with E-state index in [-0.39, 0.29) is 35.5 Å². The first-order valence-corrected chi connectivity index (χ1v) is 11.0. The summed E-state index contributed by atoms with van der Waals surface area (Å²) in [6.07, 6.45) is 6.31. The van der Waals surface area contributed by atoms with Gasteiger partial charge in [-0.15, -0.1) is 0 Å². The van der Waals surface area contributed by atoms with Crippen molar-refractivity contribution in [2.45, 2.75) is 44.9 Å². The third-order valence-corrected chi connectivity index (χ3v) is 6.10. The van der Waals surface area contributed by atoms with Gasteiger partial charge in [0, 0.05) is 23.9 Å². The Morgan fingerprint density at radius 3 is 2.80 bits per heavy atom. The zero-order valence-electron chi connectivity index (χ0n) is 16.5. The highest BCUT2D eigenvalue weighted by molar-refractivity contribution is 8.14. The number of rotatable bonds is 7. The molecule has 0 radical (unpaired) electrons. The number of nitrogens with one attached hydrogen (secondary N) is 1. The molecule has 30 heavy (non-hydrogen) atoms. The van der Waals surface area contributed by atoms with Gasteiger partial charge in [-0.2, -0.15) is 0 Å². The van der Waals surface area contributed by atoms with Crippen molar-refractivity contribution in [1.82, 2.24) is 15.2 Å². The summed E-state index contributed by atoms with van der Waals surface area (Å²) >= 11 is 1.00. The van der Waals surface area contributed by atoms with E-state index in [1.54, 1.807) is 30.5 Å². The van der Waals surface area contributed by atoms with E-state index in [4.69, 9.17) is 4.74 Å². The number of thioether (sulfide) groups is 1. The van der Waals surface area contributed by atoms with Gasteiger partial charge in [0.25, 0.3) is 11.1 Å². The van der Waals surface area contributed by atoms with Crippen LogP contribution in [-0.4, -0.2) is 38.8 Å². The maximum atomic E-state index is 12.7. The normalized spacial score (nSPS) is 16.9. The smallest absolute Gasteiger partial charge is 0.289 e. The van der Waals surface area contributed by atoms with Gasteiger partial charge in [0.1, 0.15) is 6.10 Å². The van der Waals surface area contributed by atoms with Crippen LogP contribution in [0.1, 0.15) is 47.2 Å². The topological polar surface area (TPSA) is 88.6 Å². The molecular formula is C22H23N3O4S. The molecule has 0 unspecified atom stereocenters. The number of hydrogen-bond donors (Lipinski definition) is 1. The molecule has 8 heteroatoms. The Morgan fingerprint density at radius 1 is 1.20 bits per heavy atom. The first-order valence-electron chi connectivity index (χ1n) is 10.0. The van der Waals surface area contributed by atoms with E-state index in [1.807, 2.05) is 12.1 Å². The Balaban J connectivity index is 1.39. The number of carbonyl (C=O) groups is 3. The van der Waals surface area contributed by atoms with Gasteiger partial charge in [0.2, 0.25) is 11.8 Å². The minimum absolute atomic E-state index is 0.174. The van der Waals surface area contributed by atoms with Crippen LogP contribution in [0, 0.1) is 0 Å². The lowest BCUT2D eigenvalue weighted by atomic mass is 10.1. The molecular weight excluding hydrogens is 402 g/mol. The number of hydrogen-bond acceptors (Lipinski definition) is 6. The van der Waals surface area contributed by atoms with Gasteiger partial charge < -0.3 is 10.1 Å². The lowest BCUT2D eigenvalue weighted by Gasteiger charge is -2.16. The molecule has 3 amide bonds. The molecule has 2 aromatic rings. The molecule has 1 aliphatic heterocycles. The first-order chi connectivity index (χ1) is 14.6. The Hall–Kier alpha value is -2.87. The largest absolute Gasteiger partial charge is 0.474 e. The number of ether oxygens (including phenoxy) is 1. The van der Waals surface area contributed by atoms with Crippen LogP contribution in [0.25, 0.3) is 0 Å². The van der Waals surface area contributed by atoms with Gasteiger partial charge in [-0.3, -0.25) is 19.3 Å². The van der Waals surface area contributed by atoms with E-state index >= 15 is 0 Å². The highest BCUT2D eigenvalue weighted by Crippen LogP contribution is 2.25. The molecule has 1 aliphatic carbocycles. The third-order valence-electron chi connectivity index (χ3n) is 5.24. The molecule has 1 N–H and O–H groups in total. The summed E-state index contributed by atoms with van der Waals surface area (Å²) in [6, 6.07) is 10.7. The summed E-state index contributed by atoms with van der Waals surface area (Å²) in [5.74, 6) is 0.309. The van der Waals surface area contributed by atoms with E-state index < -0.39 is 0 Å². The number of aromatic nitrogens is 1. The fourth-order valence-electron chi connectivity index (χ4n) is 3.63. The number of benzene rings is 1. The average Bonchev–Trinajstić information content (AvgIpc) is 3.38. The Bertz CT molecular complexity index is 943. The summed E-state index contributed by atoms with van der Waals surface area (Å²) in [4.78, 5) is 41.8. The molecule has 1 aromatic heterocycles. The Labute approximate surface area is 179 Å². The van der Waals surface area contributed by atoms with Gasteiger partial charge in [0.05, 0.1) is 12.3 Å². The highest BCUT2D eigenvalue weighted by Gasteiger charge is 2.29. The molecule has 2 aliphatic rings. The fourth-order valence-corrected chi connectivity index (χ4v) is 4.36. The highest BCUT2D eigenvalue weighted by atomic mass is 32.2. The van der Waals surface area contributed by atoms with Crippen molar-refractivity contribution in [3.05, 3.63) is 59.3 Å². The molecule has 1 saturated carbocycles. The van der Waals surface area contributed by atoms with Gasteiger partial charge in [-0.05, 0) is 49.4 Å². The van der Waals surface area contributed by atoms with Crippen molar-refractivity contribution < 1.29 is 19.1 Å². The van der Waals surface area contributed by atoms with Crippen LogP contribution >= 0.6 is 11.8 Å². The SMILES string of the molecule is O=C(NCc1cccnc1OC1CCCC1)c1cccc(CN2C(=O)CSC2=O)c1. The van der Waals surface area contributed by atoms with Crippen molar-refractivity contribution in [2.24, 2.45) is 0 Å². The monoisotopic (exact) mass is 425 g/mol. The first kappa shape index (κ1) is 20.4. The lowest BCUT2D eigenvalue weighted by Crippen LogP contribution is -2.28. The maximum Gasteiger partial charge on any atom is 0.289 e. The van der Waals surface area contributed by atoms with E-state index in [0.717, 1.165) is 35.7 Å². The van der Waals surface area contributed by atoms with Crippen LogP contribution in [0.5, 0.6) is 5.88 Å². The predicted molar refractivity (Wildman–Crippen MR) is 113 cm³/mol. The summed E-state index contributed by atoms with van der Waals surface area (Å²) < 4.78 is 6.02. The number of imide groups is 1. The predicted octanol–water partition coefficient (Wildman–Crippen LogP) is 3.53. The summed E-state index contributed by atoms with van der Waals surface area (Å²) in [5.41, 5.74) is 2.04. The number of amides is 3. The lowest BCUT2D eigenvalue weighted by molar-refractivity contribution is -0.125. The molecule has 0 spiro atoms. The second kappa shape index (κ2) is 9.30. The molecule has 1 aromatic carbocycles. The fraction of sp³-hybridized carbons (Fsp3) is 0.364. The molecule has 0 atom stereocenters. The van der Waals surface area contributed by atoms with Gasteiger partial charge in [-0.25, -0.2) is 4.98 Å². The van der Waals surface area contributed by atoms with Crippen LogP contribution in [0.3, 0.4) is 0 Å². The summed E-state index contributed by atoms with van der Waals surface area (Å²) in [5, 5.41) is 2.66. The standard InChI is InChI=1S/C22H23N3O4S/c26-19-14-30-22(28)25(19)13-15-5-3-6-16(11-15)20(27)24-12-17-7-4-10-23-21(17)29-18-8-1-2-9-18/h3-7,10-11,18H,1-2,8-9,12-14H2,(H,24,27). The minimum atomic E-state index is -0.249. The van der Waals surface area contributed by atoms with Crippen LogP contribution in [0.15, 0.2) is 42.6 Å². The van der Waals surface area contributed by atoms with Crippen LogP contribution in [0.2, 0.25) is 0 Å². The molecule has 4 rings (SSSR count). The molecule has 2 fully saturated rings. The summed E-state index contributed by atoms with van der Waals surface area (Å²) in [6.45, 7) is 0.479. The minimum Gasteiger partial charge on any atom is -0.474 e. The Morgan fingerprint density at radius 2 is 2.03 bits per heavy atom. The molecule has 0 bridgehead atoms. The van der Waals surface area contributed by atoms with Crippen LogP contribution in [-0.2, 0) is 17.9 Å². The Kier molecular flexibility index (Phi) is 6.32. The van der Waals surface area contributed by atoms with Gasteiger partial charge in [-0.1, -0.05) is 30.0 Å². The molecule has 2 heterocycles. The zero-order valence-corrected chi connectivity index (χ0v) is 17.3. The van der Waals surface area contributed by atoms with Gasteiger partial charge >= 0.3 is 0 Å². The molecule has 156 valence electrons. The average molecular weight is 426 g/mol. The van der Waals surface area contributed by atoms with E-state index in [9.17, 15) is 14.4 Å². The quantitative estimate of drug-likeness (QED) is 0.730. The van der Waals surface area contributed by atoms with Crippen LogP contribution < -0.4 is 10.1 Å².